The number of hydrogen-bond donors (Lipinski definition) is 0. The average Bonchev–Trinajstić information content (AvgIpc) is 2.93. The van der Waals surface area contributed by atoms with Gasteiger partial charge in [-0.15, -0.1) is 0 Å². The summed E-state index contributed by atoms with van der Waals surface area (Å²) in [6.07, 6.45) is 0. The fourth-order valence-electron chi connectivity index (χ4n) is 2.60. The van der Waals surface area contributed by atoms with Crippen LogP contribution in [0.1, 0.15) is 0 Å². The van der Waals surface area contributed by atoms with Crippen LogP contribution in [0, 0.1) is 0 Å². The Kier molecular flexibility index (Phi) is 3.52. The summed E-state index contributed by atoms with van der Waals surface area (Å²) in [5.74, 6) is 0. The maximum atomic E-state index is 12.6. The summed E-state index contributed by atoms with van der Waals surface area (Å²) in [6.45, 7) is 0. The SMILES string of the molecule is O=c1c2ccccc2sn1-c1cccc(-c2ccc(Cl)cc2)c1. The van der Waals surface area contributed by atoms with Crippen LogP contribution >= 0.6 is 23.1 Å². The van der Waals surface area contributed by atoms with Crippen LogP contribution in [0.2, 0.25) is 5.02 Å². The van der Waals surface area contributed by atoms with Gasteiger partial charge < -0.3 is 0 Å². The lowest BCUT2D eigenvalue weighted by Crippen LogP contribution is -2.10. The predicted octanol–water partition coefficient (Wildman–Crippen LogP) is 5.37. The van der Waals surface area contributed by atoms with E-state index in [9.17, 15) is 4.79 Å². The molecule has 0 bridgehead atoms. The minimum absolute atomic E-state index is 0.0267. The van der Waals surface area contributed by atoms with Gasteiger partial charge in [-0.2, -0.15) is 0 Å². The predicted molar refractivity (Wildman–Crippen MR) is 97.9 cm³/mol. The molecule has 0 amide bonds. The highest BCUT2D eigenvalue weighted by atomic mass is 35.5. The first-order chi connectivity index (χ1) is 11.2. The van der Waals surface area contributed by atoms with E-state index in [4.69, 9.17) is 11.6 Å². The molecule has 4 aromatic rings. The normalized spacial score (nSPS) is 11.0. The zero-order chi connectivity index (χ0) is 15.8. The van der Waals surface area contributed by atoms with E-state index in [0.29, 0.717) is 5.02 Å². The van der Waals surface area contributed by atoms with Crippen molar-refractivity contribution in [1.29, 1.82) is 0 Å². The van der Waals surface area contributed by atoms with E-state index in [0.717, 1.165) is 26.9 Å². The molecule has 4 heteroatoms. The highest BCUT2D eigenvalue weighted by molar-refractivity contribution is 7.14. The first kappa shape index (κ1) is 14.2. The van der Waals surface area contributed by atoms with Gasteiger partial charge in [-0.25, -0.2) is 3.96 Å². The number of hydrogen-bond acceptors (Lipinski definition) is 2. The van der Waals surface area contributed by atoms with Crippen LogP contribution in [-0.4, -0.2) is 3.96 Å². The second-order valence-electron chi connectivity index (χ2n) is 5.24. The first-order valence-corrected chi connectivity index (χ1v) is 8.35. The van der Waals surface area contributed by atoms with Crippen molar-refractivity contribution in [2.75, 3.05) is 0 Å². The summed E-state index contributed by atoms with van der Waals surface area (Å²) in [5, 5.41) is 1.47. The molecule has 0 saturated heterocycles. The average molecular weight is 338 g/mol. The Bertz CT molecular complexity index is 1050. The van der Waals surface area contributed by atoms with Crippen LogP contribution in [0.4, 0.5) is 0 Å². The Hall–Kier alpha value is -2.36. The lowest BCUT2D eigenvalue weighted by atomic mass is 10.1. The van der Waals surface area contributed by atoms with Gasteiger partial charge in [0.25, 0.3) is 5.56 Å². The summed E-state index contributed by atoms with van der Waals surface area (Å²) in [5.41, 5.74) is 3.04. The third-order valence-electron chi connectivity index (χ3n) is 3.75. The van der Waals surface area contributed by atoms with Crippen molar-refractivity contribution in [2.45, 2.75) is 0 Å². The van der Waals surface area contributed by atoms with E-state index < -0.39 is 0 Å². The zero-order valence-corrected chi connectivity index (χ0v) is 13.6. The molecule has 0 aliphatic carbocycles. The Labute approximate surface area is 142 Å². The monoisotopic (exact) mass is 337 g/mol. The molecule has 1 heterocycles. The van der Waals surface area contributed by atoms with Gasteiger partial charge in [-0.3, -0.25) is 4.79 Å². The Balaban J connectivity index is 1.86. The van der Waals surface area contributed by atoms with E-state index in [1.54, 1.807) is 3.96 Å². The van der Waals surface area contributed by atoms with E-state index in [2.05, 4.69) is 0 Å². The van der Waals surface area contributed by atoms with Crippen molar-refractivity contribution < 1.29 is 0 Å². The molecule has 0 aliphatic heterocycles. The van der Waals surface area contributed by atoms with Gasteiger partial charge in [0, 0.05) is 5.02 Å². The van der Waals surface area contributed by atoms with Gasteiger partial charge in [0.15, 0.2) is 0 Å². The maximum absolute atomic E-state index is 12.6. The molecule has 0 spiro atoms. The second-order valence-corrected chi connectivity index (χ2v) is 6.67. The Morgan fingerprint density at radius 1 is 0.826 bits per heavy atom. The minimum atomic E-state index is 0.0267. The third-order valence-corrected chi connectivity index (χ3v) is 5.11. The zero-order valence-electron chi connectivity index (χ0n) is 12.1. The number of nitrogens with zero attached hydrogens (tertiary/aromatic N) is 1. The van der Waals surface area contributed by atoms with Gasteiger partial charge in [-0.1, -0.05) is 59.5 Å². The van der Waals surface area contributed by atoms with Crippen LogP contribution in [0.25, 0.3) is 26.9 Å². The Morgan fingerprint density at radius 2 is 1.61 bits per heavy atom. The molecule has 23 heavy (non-hydrogen) atoms. The topological polar surface area (TPSA) is 22.0 Å². The largest absolute Gasteiger partial charge is 0.273 e. The van der Waals surface area contributed by atoms with E-state index in [1.165, 1.54) is 11.5 Å². The van der Waals surface area contributed by atoms with Gasteiger partial charge >= 0.3 is 0 Å². The first-order valence-electron chi connectivity index (χ1n) is 7.20. The number of fused-ring (bicyclic) bond motifs is 1. The highest BCUT2D eigenvalue weighted by Gasteiger charge is 2.09. The lowest BCUT2D eigenvalue weighted by Gasteiger charge is -2.05. The number of aromatic nitrogens is 1. The van der Waals surface area contributed by atoms with Crippen LogP contribution in [0.15, 0.2) is 77.6 Å². The van der Waals surface area contributed by atoms with Crippen LogP contribution in [0.5, 0.6) is 0 Å². The van der Waals surface area contributed by atoms with Crippen molar-refractivity contribution in [3.8, 4) is 16.8 Å². The molecule has 112 valence electrons. The van der Waals surface area contributed by atoms with Crippen molar-refractivity contribution >= 4 is 33.2 Å². The highest BCUT2D eigenvalue weighted by Crippen LogP contribution is 2.25. The number of rotatable bonds is 2. The molecule has 4 rings (SSSR count). The van der Waals surface area contributed by atoms with Crippen LogP contribution in [0.3, 0.4) is 0 Å². The fourth-order valence-corrected chi connectivity index (χ4v) is 3.71. The molecule has 0 fully saturated rings. The van der Waals surface area contributed by atoms with Gasteiger partial charge in [0.1, 0.15) is 0 Å². The molecule has 1 aromatic heterocycles. The standard InChI is InChI=1S/C19H12ClNOS/c20-15-10-8-13(9-11-15)14-4-3-5-16(12-14)21-19(22)17-6-1-2-7-18(17)23-21/h1-12H. The van der Waals surface area contributed by atoms with Crippen molar-refractivity contribution in [1.82, 2.24) is 3.96 Å². The third kappa shape index (κ3) is 2.58. The number of benzene rings is 3. The summed E-state index contributed by atoms with van der Waals surface area (Å²) < 4.78 is 2.73. The van der Waals surface area contributed by atoms with Crippen LogP contribution in [-0.2, 0) is 0 Å². The molecule has 2 nitrogen and oxygen atoms in total. The molecule has 0 aliphatic rings. The molecule has 3 aromatic carbocycles. The molecule has 0 saturated carbocycles. The van der Waals surface area contributed by atoms with E-state index in [-0.39, 0.29) is 5.56 Å². The maximum Gasteiger partial charge on any atom is 0.273 e. The molecule has 0 radical (unpaired) electrons. The smallest absolute Gasteiger partial charge is 0.267 e. The van der Waals surface area contributed by atoms with E-state index in [1.807, 2.05) is 72.8 Å². The summed E-state index contributed by atoms with van der Waals surface area (Å²) >= 11 is 7.41. The quantitative estimate of drug-likeness (QED) is 0.482. The molecular weight excluding hydrogens is 326 g/mol. The van der Waals surface area contributed by atoms with Crippen molar-refractivity contribution in [3.05, 3.63) is 88.2 Å². The van der Waals surface area contributed by atoms with E-state index >= 15 is 0 Å². The van der Waals surface area contributed by atoms with Gasteiger partial charge in [0.2, 0.25) is 0 Å². The van der Waals surface area contributed by atoms with Gasteiger partial charge in [-0.05, 0) is 47.5 Å². The molecule has 0 atom stereocenters. The Morgan fingerprint density at radius 3 is 2.39 bits per heavy atom. The summed E-state index contributed by atoms with van der Waals surface area (Å²) in [6, 6.07) is 23.4. The lowest BCUT2D eigenvalue weighted by molar-refractivity contribution is 1.14. The van der Waals surface area contributed by atoms with Gasteiger partial charge in [0.05, 0.1) is 15.8 Å². The van der Waals surface area contributed by atoms with Crippen molar-refractivity contribution in [2.24, 2.45) is 0 Å². The second kappa shape index (κ2) is 5.69. The van der Waals surface area contributed by atoms with Crippen molar-refractivity contribution in [3.63, 3.8) is 0 Å². The number of halogens is 1. The summed E-state index contributed by atoms with van der Waals surface area (Å²) in [7, 11) is 0. The van der Waals surface area contributed by atoms with Crippen LogP contribution < -0.4 is 5.56 Å². The molecule has 0 N–H and O–H groups in total. The molecule has 0 unspecified atom stereocenters. The minimum Gasteiger partial charge on any atom is -0.267 e. The fraction of sp³-hybridized carbons (Fsp3) is 0. The molecular formula is C19H12ClNOS. The summed E-state index contributed by atoms with van der Waals surface area (Å²) in [4.78, 5) is 12.6.